The van der Waals surface area contributed by atoms with Gasteiger partial charge < -0.3 is 14.5 Å². The van der Waals surface area contributed by atoms with E-state index in [1.807, 2.05) is 64.5 Å². The Hall–Kier alpha value is -3.91. The van der Waals surface area contributed by atoms with E-state index in [-0.39, 0.29) is 11.7 Å². The van der Waals surface area contributed by atoms with Gasteiger partial charge in [0.2, 0.25) is 0 Å². The van der Waals surface area contributed by atoms with Crippen molar-refractivity contribution >= 4 is 38.1 Å². The molecular weight excluding hydrogens is 463 g/mol. The highest BCUT2D eigenvalue weighted by molar-refractivity contribution is 7.23. The average molecular weight is 487 g/mol. The molecule has 0 saturated carbocycles. The summed E-state index contributed by atoms with van der Waals surface area (Å²) in [6.45, 7) is 2.33. The highest BCUT2D eigenvalue weighted by Crippen LogP contribution is 2.31. The first-order valence-corrected chi connectivity index (χ1v) is 12.3. The Morgan fingerprint density at radius 1 is 1.00 bits per heavy atom. The number of imidazole rings is 1. The van der Waals surface area contributed by atoms with E-state index in [4.69, 9.17) is 9.72 Å². The highest BCUT2D eigenvalue weighted by atomic mass is 32.1. The van der Waals surface area contributed by atoms with Gasteiger partial charge in [0.15, 0.2) is 4.96 Å². The van der Waals surface area contributed by atoms with E-state index in [1.54, 1.807) is 30.6 Å². The lowest BCUT2D eigenvalue weighted by Crippen LogP contribution is -2.49. The van der Waals surface area contributed by atoms with Gasteiger partial charge in [-0.2, -0.15) is 0 Å². The molecule has 176 valence electrons. The van der Waals surface area contributed by atoms with Crippen LogP contribution in [0.25, 0.3) is 26.4 Å². The number of fused-ring (bicyclic) bond motifs is 3. The molecule has 6 nitrogen and oxygen atoms in total. The minimum Gasteiger partial charge on any atom is -0.497 e. The van der Waals surface area contributed by atoms with Crippen LogP contribution in [0.4, 0.5) is 10.1 Å². The van der Waals surface area contributed by atoms with Gasteiger partial charge in [-0.15, -0.1) is 0 Å². The summed E-state index contributed by atoms with van der Waals surface area (Å²) < 4.78 is 22.5. The molecule has 5 aromatic rings. The van der Waals surface area contributed by atoms with Crippen molar-refractivity contribution in [2.75, 3.05) is 38.2 Å². The second kappa shape index (κ2) is 8.70. The number of amides is 1. The standard InChI is InChI=1S/C27H23FN4O2S/c1-34-20-9-6-18(7-10-20)22-17-32-24-11-8-19(16-25(24)35-27(32)29-22)26(33)31-14-12-30(13-15-31)23-5-3-2-4-21(23)28/h2-11,16-17H,12-15H2,1H3. The van der Waals surface area contributed by atoms with E-state index in [0.29, 0.717) is 37.4 Å². The van der Waals surface area contributed by atoms with Crippen molar-refractivity contribution < 1.29 is 13.9 Å². The Bertz CT molecular complexity index is 1530. The first kappa shape index (κ1) is 21.6. The van der Waals surface area contributed by atoms with Crippen LogP contribution in [0.15, 0.2) is 72.9 Å². The van der Waals surface area contributed by atoms with E-state index >= 15 is 0 Å². The van der Waals surface area contributed by atoms with Crippen LogP contribution in [0.5, 0.6) is 5.75 Å². The fourth-order valence-electron chi connectivity index (χ4n) is 4.58. The molecule has 2 aromatic heterocycles. The number of halogens is 1. The van der Waals surface area contributed by atoms with Crippen molar-refractivity contribution in [2.24, 2.45) is 0 Å². The molecule has 1 aliphatic rings. The zero-order chi connectivity index (χ0) is 23.9. The SMILES string of the molecule is COc1ccc(-c2cn3c(n2)sc2cc(C(=O)N4CCN(c5ccccc5F)CC4)ccc23)cc1. The number of methoxy groups -OCH3 is 1. The fraction of sp³-hybridized carbons (Fsp3) is 0.185. The van der Waals surface area contributed by atoms with E-state index in [0.717, 1.165) is 32.2 Å². The minimum atomic E-state index is -0.226. The largest absolute Gasteiger partial charge is 0.497 e. The lowest BCUT2D eigenvalue weighted by molar-refractivity contribution is 0.0747. The third-order valence-corrected chi connectivity index (χ3v) is 7.50. The van der Waals surface area contributed by atoms with Crippen molar-refractivity contribution in [1.82, 2.24) is 14.3 Å². The van der Waals surface area contributed by atoms with Gasteiger partial charge in [-0.05, 0) is 54.6 Å². The van der Waals surface area contributed by atoms with Crippen LogP contribution in [0.2, 0.25) is 0 Å². The normalized spacial score (nSPS) is 14.1. The number of rotatable bonds is 4. The molecule has 0 spiro atoms. The Morgan fingerprint density at radius 2 is 1.77 bits per heavy atom. The zero-order valence-electron chi connectivity index (χ0n) is 19.1. The molecular formula is C27H23FN4O2S. The number of carbonyl (C=O) groups excluding carboxylic acids is 1. The maximum atomic E-state index is 14.1. The molecule has 0 radical (unpaired) electrons. The molecule has 3 heterocycles. The summed E-state index contributed by atoms with van der Waals surface area (Å²) in [5.41, 5.74) is 4.21. The van der Waals surface area contributed by atoms with Gasteiger partial charge in [-0.25, -0.2) is 9.37 Å². The van der Waals surface area contributed by atoms with Gasteiger partial charge in [0.1, 0.15) is 11.6 Å². The first-order chi connectivity index (χ1) is 17.1. The van der Waals surface area contributed by atoms with Crippen LogP contribution in [-0.2, 0) is 0 Å². The number of thiazole rings is 1. The Kier molecular flexibility index (Phi) is 5.37. The zero-order valence-corrected chi connectivity index (χ0v) is 20.0. The topological polar surface area (TPSA) is 50.1 Å². The molecule has 3 aromatic carbocycles. The van der Waals surface area contributed by atoms with E-state index < -0.39 is 0 Å². The summed E-state index contributed by atoms with van der Waals surface area (Å²) in [5, 5.41) is 0. The minimum absolute atomic E-state index is 0.00467. The monoisotopic (exact) mass is 486 g/mol. The summed E-state index contributed by atoms with van der Waals surface area (Å²) in [6.07, 6.45) is 2.03. The van der Waals surface area contributed by atoms with Gasteiger partial charge in [0.05, 0.1) is 28.7 Å². The van der Waals surface area contributed by atoms with Gasteiger partial charge in [0.25, 0.3) is 5.91 Å². The third kappa shape index (κ3) is 3.89. The van der Waals surface area contributed by atoms with Gasteiger partial charge in [0, 0.05) is 43.5 Å². The second-order valence-corrected chi connectivity index (χ2v) is 9.53. The molecule has 6 rings (SSSR count). The number of ether oxygens (including phenoxy) is 1. The summed E-state index contributed by atoms with van der Waals surface area (Å²) in [6, 6.07) is 20.4. The first-order valence-electron chi connectivity index (χ1n) is 11.5. The predicted molar refractivity (Wildman–Crippen MR) is 137 cm³/mol. The fourth-order valence-corrected chi connectivity index (χ4v) is 5.62. The molecule has 1 fully saturated rings. The van der Waals surface area contributed by atoms with Crippen LogP contribution in [0, 0.1) is 5.82 Å². The lowest BCUT2D eigenvalue weighted by Gasteiger charge is -2.36. The average Bonchev–Trinajstić information content (AvgIpc) is 3.46. The van der Waals surface area contributed by atoms with E-state index in [2.05, 4.69) is 4.40 Å². The Morgan fingerprint density at radius 3 is 2.51 bits per heavy atom. The number of piperazine rings is 1. The number of hydrogen-bond donors (Lipinski definition) is 0. The second-order valence-electron chi connectivity index (χ2n) is 8.52. The van der Waals surface area contributed by atoms with Crippen LogP contribution >= 0.6 is 11.3 Å². The molecule has 0 atom stereocenters. The molecule has 0 N–H and O–H groups in total. The number of nitrogens with zero attached hydrogens (tertiary/aromatic N) is 4. The summed E-state index contributed by atoms with van der Waals surface area (Å²) in [4.78, 5) is 22.7. The lowest BCUT2D eigenvalue weighted by atomic mass is 10.1. The van der Waals surface area contributed by atoms with Gasteiger partial charge >= 0.3 is 0 Å². The Labute approximate surface area is 205 Å². The number of aromatic nitrogens is 2. The maximum absolute atomic E-state index is 14.1. The van der Waals surface area contributed by atoms with Crippen LogP contribution in [-0.4, -0.2) is 53.5 Å². The van der Waals surface area contributed by atoms with E-state index in [1.165, 1.54) is 6.07 Å². The van der Waals surface area contributed by atoms with Crippen molar-refractivity contribution in [3.05, 3.63) is 84.3 Å². The van der Waals surface area contributed by atoms with Crippen molar-refractivity contribution in [2.45, 2.75) is 0 Å². The number of carbonyl (C=O) groups is 1. The molecule has 0 aliphatic carbocycles. The predicted octanol–water partition coefficient (Wildman–Crippen LogP) is 5.33. The van der Waals surface area contributed by atoms with Crippen LogP contribution in [0.1, 0.15) is 10.4 Å². The van der Waals surface area contributed by atoms with E-state index in [9.17, 15) is 9.18 Å². The molecule has 0 unspecified atom stereocenters. The molecule has 35 heavy (non-hydrogen) atoms. The molecule has 8 heteroatoms. The third-order valence-electron chi connectivity index (χ3n) is 6.49. The summed E-state index contributed by atoms with van der Waals surface area (Å²) >= 11 is 1.57. The maximum Gasteiger partial charge on any atom is 0.254 e. The number of benzene rings is 3. The van der Waals surface area contributed by atoms with Crippen molar-refractivity contribution in [1.29, 1.82) is 0 Å². The smallest absolute Gasteiger partial charge is 0.254 e. The Balaban J connectivity index is 1.20. The molecule has 0 bridgehead atoms. The van der Waals surface area contributed by atoms with Crippen molar-refractivity contribution in [3.8, 4) is 17.0 Å². The molecule has 1 saturated heterocycles. The molecule has 1 aliphatic heterocycles. The summed E-state index contributed by atoms with van der Waals surface area (Å²) in [7, 11) is 1.65. The molecule has 1 amide bonds. The van der Waals surface area contributed by atoms with Crippen LogP contribution < -0.4 is 9.64 Å². The number of anilines is 1. The van der Waals surface area contributed by atoms with Gasteiger partial charge in [-0.3, -0.25) is 9.20 Å². The number of hydrogen-bond acceptors (Lipinski definition) is 5. The number of para-hydroxylation sites is 1. The van der Waals surface area contributed by atoms with Crippen molar-refractivity contribution in [3.63, 3.8) is 0 Å². The van der Waals surface area contributed by atoms with Crippen LogP contribution in [0.3, 0.4) is 0 Å². The summed E-state index contributed by atoms with van der Waals surface area (Å²) in [5.74, 6) is 0.590. The highest BCUT2D eigenvalue weighted by Gasteiger charge is 2.24. The quantitative estimate of drug-likeness (QED) is 0.345. The van der Waals surface area contributed by atoms with Gasteiger partial charge in [-0.1, -0.05) is 23.5 Å².